The highest BCUT2D eigenvalue weighted by Crippen LogP contribution is 2.05. The van der Waals surface area contributed by atoms with Crippen molar-refractivity contribution >= 4 is 15.9 Å². The van der Waals surface area contributed by atoms with Gasteiger partial charge in [-0.05, 0) is 36.4 Å². The van der Waals surface area contributed by atoms with E-state index in [2.05, 4.69) is 27.8 Å². The summed E-state index contributed by atoms with van der Waals surface area (Å²) in [4.78, 5) is 0. The third-order valence-corrected chi connectivity index (χ3v) is 3.16. The van der Waals surface area contributed by atoms with Crippen LogP contribution in [0.3, 0.4) is 0 Å². The van der Waals surface area contributed by atoms with Gasteiger partial charge < -0.3 is 0 Å². The predicted octanol–water partition coefficient (Wildman–Crippen LogP) is 5.54. The molecule has 1 heteroatoms. The minimum absolute atomic E-state index is 1.05. The summed E-state index contributed by atoms with van der Waals surface area (Å²) in [5.41, 5.74) is 2.10. The van der Waals surface area contributed by atoms with E-state index in [1.807, 2.05) is 91.0 Å². The number of halogens is 1. The van der Waals surface area contributed by atoms with Crippen LogP contribution in [-0.2, 0) is 0 Å². The minimum Gasteiger partial charge on any atom is -0.0622 e. The summed E-state index contributed by atoms with van der Waals surface area (Å²) in [6.07, 6.45) is 0. The van der Waals surface area contributed by atoms with Gasteiger partial charge in [-0.1, -0.05) is 82.4 Å². The highest BCUT2D eigenvalue weighted by molar-refractivity contribution is 9.10. The van der Waals surface area contributed by atoms with Gasteiger partial charge in [0.1, 0.15) is 0 Å². The Morgan fingerprint density at radius 3 is 1.10 bits per heavy atom. The minimum atomic E-state index is 1.05. The fourth-order valence-corrected chi connectivity index (χ4v) is 1.91. The van der Waals surface area contributed by atoms with E-state index in [-0.39, 0.29) is 0 Å². The SMILES string of the molecule is Brc1ccccc1.C(#Cc1ccccc1)c1ccccc1. The maximum Gasteiger partial charge on any atom is 0.0249 e. The molecule has 0 saturated heterocycles. The first-order valence-corrected chi connectivity index (χ1v) is 7.46. The Balaban J connectivity index is 0.000000194. The summed E-state index contributed by atoms with van der Waals surface area (Å²) in [5.74, 6) is 6.22. The molecule has 3 aromatic rings. The van der Waals surface area contributed by atoms with Crippen molar-refractivity contribution in [3.63, 3.8) is 0 Å². The molecule has 3 aromatic carbocycles. The molecule has 0 aliphatic heterocycles. The van der Waals surface area contributed by atoms with E-state index in [1.54, 1.807) is 0 Å². The van der Waals surface area contributed by atoms with Gasteiger partial charge in [0.05, 0.1) is 0 Å². The van der Waals surface area contributed by atoms with Crippen LogP contribution in [0.25, 0.3) is 0 Å². The molecule has 0 saturated carbocycles. The zero-order valence-corrected chi connectivity index (χ0v) is 13.1. The highest BCUT2D eigenvalue weighted by atomic mass is 79.9. The quantitative estimate of drug-likeness (QED) is 0.474. The van der Waals surface area contributed by atoms with Crippen LogP contribution in [0.5, 0.6) is 0 Å². The summed E-state index contributed by atoms with van der Waals surface area (Å²) >= 11 is 3.31. The highest BCUT2D eigenvalue weighted by Gasteiger charge is 1.83. The van der Waals surface area contributed by atoms with E-state index >= 15 is 0 Å². The molecule has 0 aliphatic rings. The standard InChI is InChI=1S/C14H10.C6H5Br/c1-3-7-13(8-4-1)11-12-14-9-5-2-6-10-14;7-6-4-2-1-3-5-6/h1-10H;1-5H. The number of hydrogen-bond donors (Lipinski definition) is 0. The van der Waals surface area contributed by atoms with Crippen molar-refractivity contribution in [3.05, 3.63) is 107 Å². The lowest BCUT2D eigenvalue weighted by Gasteiger charge is -1.88. The van der Waals surface area contributed by atoms with Crippen LogP contribution in [0.4, 0.5) is 0 Å². The molecule has 0 aromatic heterocycles. The molecule has 0 radical (unpaired) electrons. The molecule has 0 atom stereocenters. The molecule has 0 N–H and O–H groups in total. The largest absolute Gasteiger partial charge is 0.0622 e. The van der Waals surface area contributed by atoms with Crippen LogP contribution < -0.4 is 0 Å². The van der Waals surface area contributed by atoms with E-state index in [0.717, 1.165) is 15.6 Å². The summed E-state index contributed by atoms with van der Waals surface area (Å²) in [6.45, 7) is 0. The Morgan fingerprint density at radius 1 is 0.476 bits per heavy atom. The molecule has 3 rings (SSSR count). The van der Waals surface area contributed by atoms with Gasteiger partial charge in [0, 0.05) is 15.6 Å². The number of hydrogen-bond acceptors (Lipinski definition) is 0. The average Bonchev–Trinajstić information content (AvgIpc) is 2.56. The van der Waals surface area contributed by atoms with Gasteiger partial charge in [0.2, 0.25) is 0 Å². The second-order valence-corrected chi connectivity index (χ2v) is 5.19. The van der Waals surface area contributed by atoms with Crippen LogP contribution >= 0.6 is 15.9 Å². The lowest BCUT2D eigenvalue weighted by molar-refractivity contribution is 1.62. The van der Waals surface area contributed by atoms with Crippen LogP contribution in [0.2, 0.25) is 0 Å². The first kappa shape index (κ1) is 15.1. The fraction of sp³-hybridized carbons (Fsp3) is 0. The van der Waals surface area contributed by atoms with Crippen molar-refractivity contribution in [3.8, 4) is 11.8 Å². The molecule has 21 heavy (non-hydrogen) atoms. The summed E-state index contributed by atoms with van der Waals surface area (Å²) in [7, 11) is 0. The molecular formula is C20H15Br. The van der Waals surface area contributed by atoms with Gasteiger partial charge in [-0.2, -0.15) is 0 Å². The smallest absolute Gasteiger partial charge is 0.0249 e. The zero-order chi connectivity index (χ0) is 14.8. The van der Waals surface area contributed by atoms with Crippen molar-refractivity contribution in [2.75, 3.05) is 0 Å². The molecule has 0 spiro atoms. The third-order valence-electron chi connectivity index (χ3n) is 2.63. The predicted molar refractivity (Wildman–Crippen MR) is 93.0 cm³/mol. The topological polar surface area (TPSA) is 0 Å². The van der Waals surface area contributed by atoms with E-state index in [9.17, 15) is 0 Å². The molecule has 0 nitrogen and oxygen atoms in total. The molecule has 0 unspecified atom stereocenters. The molecular weight excluding hydrogens is 320 g/mol. The molecule has 0 fully saturated rings. The Morgan fingerprint density at radius 2 is 0.810 bits per heavy atom. The average molecular weight is 335 g/mol. The normalized spacial score (nSPS) is 8.81. The van der Waals surface area contributed by atoms with Gasteiger partial charge in [0.15, 0.2) is 0 Å². The molecule has 0 aliphatic carbocycles. The fourth-order valence-electron chi connectivity index (χ4n) is 1.60. The van der Waals surface area contributed by atoms with Crippen molar-refractivity contribution in [2.24, 2.45) is 0 Å². The number of rotatable bonds is 0. The monoisotopic (exact) mass is 334 g/mol. The van der Waals surface area contributed by atoms with Crippen molar-refractivity contribution < 1.29 is 0 Å². The number of benzene rings is 3. The summed E-state index contributed by atoms with van der Waals surface area (Å²) < 4.78 is 1.13. The molecule has 0 heterocycles. The van der Waals surface area contributed by atoms with Crippen LogP contribution in [0.1, 0.15) is 11.1 Å². The maximum absolute atomic E-state index is 3.31. The van der Waals surface area contributed by atoms with Gasteiger partial charge in [-0.3, -0.25) is 0 Å². The lowest BCUT2D eigenvalue weighted by Crippen LogP contribution is -1.73. The second-order valence-electron chi connectivity index (χ2n) is 4.28. The summed E-state index contributed by atoms with van der Waals surface area (Å²) in [6, 6.07) is 30.0. The van der Waals surface area contributed by atoms with Crippen molar-refractivity contribution in [1.29, 1.82) is 0 Å². The van der Waals surface area contributed by atoms with Gasteiger partial charge in [-0.25, -0.2) is 0 Å². The molecule has 0 amide bonds. The Labute approximate surface area is 134 Å². The van der Waals surface area contributed by atoms with E-state index < -0.39 is 0 Å². The first-order chi connectivity index (χ1) is 10.3. The maximum atomic E-state index is 3.31. The van der Waals surface area contributed by atoms with Gasteiger partial charge >= 0.3 is 0 Å². The first-order valence-electron chi connectivity index (χ1n) is 6.67. The van der Waals surface area contributed by atoms with Gasteiger partial charge in [-0.15, -0.1) is 0 Å². The molecule has 102 valence electrons. The third kappa shape index (κ3) is 6.12. The van der Waals surface area contributed by atoms with Crippen LogP contribution in [0.15, 0.2) is 95.5 Å². The van der Waals surface area contributed by atoms with Crippen molar-refractivity contribution in [1.82, 2.24) is 0 Å². The van der Waals surface area contributed by atoms with E-state index in [1.165, 1.54) is 0 Å². The lowest BCUT2D eigenvalue weighted by atomic mass is 10.2. The summed E-state index contributed by atoms with van der Waals surface area (Å²) in [5, 5.41) is 0. The molecule has 0 bridgehead atoms. The van der Waals surface area contributed by atoms with E-state index in [4.69, 9.17) is 0 Å². The second kappa shape index (κ2) is 8.79. The Hall–Kier alpha value is -2.30. The van der Waals surface area contributed by atoms with Crippen LogP contribution in [0, 0.1) is 11.8 Å². The Kier molecular flexibility index (Phi) is 6.32. The zero-order valence-electron chi connectivity index (χ0n) is 11.5. The van der Waals surface area contributed by atoms with Crippen LogP contribution in [-0.4, -0.2) is 0 Å². The Bertz CT molecular complexity index is 649. The van der Waals surface area contributed by atoms with Crippen molar-refractivity contribution in [2.45, 2.75) is 0 Å². The van der Waals surface area contributed by atoms with E-state index in [0.29, 0.717) is 0 Å². The van der Waals surface area contributed by atoms with Gasteiger partial charge in [0.25, 0.3) is 0 Å².